The molecule has 0 aliphatic carbocycles. The van der Waals surface area contributed by atoms with E-state index < -0.39 is 0 Å². The van der Waals surface area contributed by atoms with Gasteiger partial charge in [0.2, 0.25) is 0 Å². The van der Waals surface area contributed by atoms with Gasteiger partial charge in [-0.05, 0) is 44.2 Å². The Labute approximate surface area is 126 Å². The third-order valence-electron chi connectivity index (χ3n) is 3.81. The van der Waals surface area contributed by atoms with Crippen molar-refractivity contribution in [1.29, 1.82) is 0 Å². The van der Waals surface area contributed by atoms with E-state index in [4.69, 9.17) is 0 Å². The van der Waals surface area contributed by atoms with Crippen LogP contribution in [0, 0.1) is 0 Å². The van der Waals surface area contributed by atoms with Crippen molar-refractivity contribution in [3.05, 3.63) is 29.8 Å². The van der Waals surface area contributed by atoms with Crippen molar-refractivity contribution in [1.82, 2.24) is 10.2 Å². The minimum Gasteiger partial charge on any atom is -0.349 e. The second kappa shape index (κ2) is 7.70. The lowest BCUT2D eigenvalue weighted by Gasteiger charge is -2.32. The van der Waals surface area contributed by atoms with Crippen LogP contribution in [0.25, 0.3) is 0 Å². The topological polar surface area (TPSA) is 32.3 Å². The summed E-state index contributed by atoms with van der Waals surface area (Å²) in [6.45, 7) is 5.59. The molecule has 4 heteroatoms. The van der Waals surface area contributed by atoms with Crippen LogP contribution in [0.1, 0.15) is 36.5 Å². The van der Waals surface area contributed by atoms with Gasteiger partial charge in [0.05, 0.1) is 5.56 Å². The average Bonchev–Trinajstić information content (AvgIpc) is 2.49. The maximum atomic E-state index is 12.4. The number of thioether (sulfide) groups is 1. The van der Waals surface area contributed by atoms with Crippen LogP contribution in [0.3, 0.4) is 0 Å². The van der Waals surface area contributed by atoms with Crippen LogP contribution in [-0.4, -0.2) is 42.7 Å². The average molecular weight is 292 g/mol. The first kappa shape index (κ1) is 15.4. The second-order valence-corrected chi connectivity index (χ2v) is 6.14. The van der Waals surface area contributed by atoms with Crippen LogP contribution in [-0.2, 0) is 0 Å². The molecule has 0 atom stereocenters. The van der Waals surface area contributed by atoms with E-state index in [0.29, 0.717) is 6.04 Å². The molecule has 1 aromatic carbocycles. The highest BCUT2D eigenvalue weighted by Gasteiger charge is 2.21. The molecule has 110 valence electrons. The molecule has 0 aromatic heterocycles. The van der Waals surface area contributed by atoms with E-state index in [-0.39, 0.29) is 5.91 Å². The van der Waals surface area contributed by atoms with E-state index in [0.717, 1.165) is 36.4 Å². The number of likely N-dealkylation sites (tertiary alicyclic amines) is 1. The van der Waals surface area contributed by atoms with E-state index in [1.54, 1.807) is 11.8 Å². The minimum absolute atomic E-state index is 0.0730. The molecule has 1 amide bonds. The molecule has 0 saturated carbocycles. The molecule has 20 heavy (non-hydrogen) atoms. The quantitative estimate of drug-likeness (QED) is 0.847. The molecular weight excluding hydrogens is 268 g/mol. The van der Waals surface area contributed by atoms with Crippen LogP contribution in [0.5, 0.6) is 0 Å². The van der Waals surface area contributed by atoms with Crippen LogP contribution in [0.15, 0.2) is 29.2 Å². The Balaban J connectivity index is 1.89. The Kier molecular flexibility index (Phi) is 5.92. The number of rotatable bonds is 5. The first-order valence-corrected chi connectivity index (χ1v) is 8.63. The van der Waals surface area contributed by atoms with Crippen LogP contribution >= 0.6 is 11.8 Å². The molecule has 1 fully saturated rings. The molecule has 0 spiro atoms. The highest BCUT2D eigenvalue weighted by molar-refractivity contribution is 7.98. The monoisotopic (exact) mass is 292 g/mol. The number of amides is 1. The maximum absolute atomic E-state index is 12.4. The van der Waals surface area contributed by atoms with Gasteiger partial charge >= 0.3 is 0 Å². The number of carbonyl (C=O) groups is 1. The largest absolute Gasteiger partial charge is 0.349 e. The minimum atomic E-state index is 0.0730. The summed E-state index contributed by atoms with van der Waals surface area (Å²) in [5, 5.41) is 3.19. The van der Waals surface area contributed by atoms with E-state index in [1.807, 2.05) is 30.5 Å². The number of carbonyl (C=O) groups excluding carboxylic acids is 1. The normalized spacial score (nSPS) is 17.1. The Hall–Kier alpha value is -1.00. The van der Waals surface area contributed by atoms with Gasteiger partial charge in [-0.2, -0.15) is 0 Å². The molecule has 0 bridgehead atoms. The number of nitrogens with zero attached hydrogens (tertiary/aromatic N) is 1. The van der Waals surface area contributed by atoms with Crippen LogP contribution in [0.4, 0.5) is 0 Å². The lowest BCUT2D eigenvalue weighted by molar-refractivity contribution is 0.0908. The smallest absolute Gasteiger partial charge is 0.252 e. The van der Waals surface area contributed by atoms with E-state index in [2.05, 4.69) is 17.1 Å². The van der Waals surface area contributed by atoms with Crippen molar-refractivity contribution in [3.63, 3.8) is 0 Å². The van der Waals surface area contributed by atoms with Gasteiger partial charge in [-0.1, -0.05) is 19.1 Å². The number of benzene rings is 1. The molecule has 2 rings (SSSR count). The third-order valence-corrected chi connectivity index (χ3v) is 4.61. The summed E-state index contributed by atoms with van der Waals surface area (Å²) in [5.74, 6) is 0.0730. The lowest BCUT2D eigenvalue weighted by atomic mass is 10.0. The van der Waals surface area contributed by atoms with Crippen molar-refractivity contribution in [2.45, 2.75) is 37.1 Å². The third kappa shape index (κ3) is 4.00. The van der Waals surface area contributed by atoms with Crippen LogP contribution < -0.4 is 5.32 Å². The van der Waals surface area contributed by atoms with Crippen molar-refractivity contribution in [2.24, 2.45) is 0 Å². The first-order chi connectivity index (χ1) is 9.74. The summed E-state index contributed by atoms with van der Waals surface area (Å²) in [5.41, 5.74) is 0.802. The summed E-state index contributed by atoms with van der Waals surface area (Å²) in [6, 6.07) is 8.15. The Morgan fingerprint density at radius 2 is 2.05 bits per heavy atom. The second-order valence-electron chi connectivity index (χ2n) is 5.29. The van der Waals surface area contributed by atoms with E-state index in [1.165, 1.54) is 13.0 Å². The molecule has 1 heterocycles. The molecule has 0 unspecified atom stereocenters. The summed E-state index contributed by atoms with van der Waals surface area (Å²) in [4.78, 5) is 15.9. The molecule has 1 N–H and O–H groups in total. The molecule has 1 aliphatic heterocycles. The summed E-state index contributed by atoms with van der Waals surface area (Å²) >= 11 is 1.62. The van der Waals surface area contributed by atoms with Gasteiger partial charge in [-0.15, -0.1) is 11.8 Å². The van der Waals surface area contributed by atoms with Crippen molar-refractivity contribution >= 4 is 17.7 Å². The van der Waals surface area contributed by atoms with Crippen molar-refractivity contribution in [3.8, 4) is 0 Å². The van der Waals surface area contributed by atoms with Gasteiger partial charge in [0.25, 0.3) is 5.91 Å². The summed E-state index contributed by atoms with van der Waals surface area (Å²) in [6.07, 6.45) is 5.34. The van der Waals surface area contributed by atoms with Gasteiger partial charge in [0.1, 0.15) is 0 Å². The Morgan fingerprint density at radius 1 is 1.35 bits per heavy atom. The highest BCUT2D eigenvalue weighted by Crippen LogP contribution is 2.20. The zero-order valence-corrected chi connectivity index (χ0v) is 13.2. The van der Waals surface area contributed by atoms with Crippen molar-refractivity contribution in [2.75, 3.05) is 25.9 Å². The molecule has 1 aromatic rings. The lowest BCUT2D eigenvalue weighted by Crippen LogP contribution is -2.44. The van der Waals surface area contributed by atoms with Crippen molar-refractivity contribution < 1.29 is 4.79 Å². The predicted octanol–water partition coefficient (Wildman–Crippen LogP) is 3.01. The van der Waals surface area contributed by atoms with E-state index >= 15 is 0 Å². The summed E-state index contributed by atoms with van der Waals surface area (Å²) in [7, 11) is 0. The maximum Gasteiger partial charge on any atom is 0.252 e. The van der Waals surface area contributed by atoms with Gasteiger partial charge in [0, 0.05) is 24.0 Å². The molecule has 1 aliphatic rings. The molecule has 3 nitrogen and oxygen atoms in total. The zero-order valence-electron chi connectivity index (χ0n) is 12.4. The fourth-order valence-corrected chi connectivity index (χ4v) is 3.31. The van der Waals surface area contributed by atoms with Gasteiger partial charge in [-0.3, -0.25) is 4.79 Å². The number of hydrogen-bond acceptors (Lipinski definition) is 3. The number of piperidine rings is 1. The summed E-state index contributed by atoms with van der Waals surface area (Å²) < 4.78 is 0. The molecule has 1 saturated heterocycles. The van der Waals surface area contributed by atoms with E-state index in [9.17, 15) is 4.79 Å². The zero-order chi connectivity index (χ0) is 14.4. The fourth-order valence-electron chi connectivity index (χ4n) is 2.71. The van der Waals surface area contributed by atoms with Crippen LogP contribution in [0.2, 0.25) is 0 Å². The number of hydrogen-bond donors (Lipinski definition) is 1. The van der Waals surface area contributed by atoms with Gasteiger partial charge in [0.15, 0.2) is 0 Å². The van der Waals surface area contributed by atoms with Gasteiger partial charge in [-0.25, -0.2) is 0 Å². The predicted molar refractivity (Wildman–Crippen MR) is 85.4 cm³/mol. The fraction of sp³-hybridized carbons (Fsp3) is 0.562. The standard InChI is InChI=1S/C16H24N2OS/c1-3-10-18-11-8-13(9-12-18)17-16(19)14-6-4-5-7-15(14)20-2/h4-7,13H,3,8-12H2,1-2H3,(H,17,19). The Bertz CT molecular complexity index is 442. The SMILES string of the molecule is CCCN1CCC(NC(=O)c2ccccc2SC)CC1. The number of nitrogens with one attached hydrogen (secondary N) is 1. The Morgan fingerprint density at radius 3 is 2.70 bits per heavy atom. The molecule has 0 radical (unpaired) electrons. The highest BCUT2D eigenvalue weighted by atomic mass is 32.2. The first-order valence-electron chi connectivity index (χ1n) is 7.40. The van der Waals surface area contributed by atoms with Gasteiger partial charge < -0.3 is 10.2 Å². The molecular formula is C16H24N2OS.